The van der Waals surface area contributed by atoms with E-state index in [4.69, 9.17) is 15.0 Å². The molecule has 0 aliphatic carbocycles. The van der Waals surface area contributed by atoms with Crippen molar-refractivity contribution in [3.8, 4) is 22.0 Å². The first kappa shape index (κ1) is 20.0. The zero-order chi connectivity index (χ0) is 21.3. The summed E-state index contributed by atoms with van der Waals surface area (Å²) in [6.45, 7) is 4.80. The second-order valence-electron chi connectivity index (χ2n) is 7.82. The highest BCUT2D eigenvalue weighted by molar-refractivity contribution is 7.14. The number of aromatic nitrogens is 3. The maximum absolute atomic E-state index is 5.00. The van der Waals surface area contributed by atoms with E-state index in [1.54, 1.807) is 34.0 Å². The second kappa shape index (κ2) is 8.71. The van der Waals surface area contributed by atoms with Gasteiger partial charge in [-0.25, -0.2) is 15.0 Å². The molecule has 1 aliphatic rings. The lowest BCUT2D eigenvalue weighted by Gasteiger charge is -2.35. The van der Waals surface area contributed by atoms with E-state index in [0.717, 1.165) is 71.5 Å². The molecule has 1 fully saturated rings. The summed E-state index contributed by atoms with van der Waals surface area (Å²) >= 11 is 5.13. The fraction of sp³-hybridized carbons (Fsp3) is 0.208. The van der Waals surface area contributed by atoms with Crippen molar-refractivity contribution >= 4 is 50.7 Å². The molecular weight excluding hydrogens is 455 g/mol. The number of rotatable bonds is 5. The fourth-order valence-electron chi connectivity index (χ4n) is 4.07. The van der Waals surface area contributed by atoms with Crippen molar-refractivity contribution in [2.24, 2.45) is 0 Å². The van der Waals surface area contributed by atoms with Crippen LogP contribution in [0.15, 0.2) is 63.3 Å². The Morgan fingerprint density at radius 2 is 1.56 bits per heavy atom. The molecule has 0 amide bonds. The largest absolute Gasteiger partial charge is 0.353 e. The summed E-state index contributed by atoms with van der Waals surface area (Å²) in [5, 5.41) is 12.9. The molecule has 0 bridgehead atoms. The minimum atomic E-state index is 0.811. The van der Waals surface area contributed by atoms with Gasteiger partial charge in [-0.2, -0.15) is 22.7 Å². The molecule has 1 aromatic carbocycles. The molecule has 0 atom stereocenters. The lowest BCUT2D eigenvalue weighted by Crippen LogP contribution is -2.46. The van der Waals surface area contributed by atoms with Crippen molar-refractivity contribution in [3.05, 3.63) is 69.0 Å². The highest BCUT2D eigenvalue weighted by Gasteiger charge is 2.22. The van der Waals surface area contributed by atoms with Gasteiger partial charge < -0.3 is 4.90 Å². The highest BCUT2D eigenvalue weighted by Crippen LogP contribution is 2.30. The standard InChI is InChI=1S/C24H21N5S3/c1-2-4-21-20(3-1)23(27-22(26-21)17-5-11-30-14-17)29-9-7-28(8-10-29)13-19-16-32-24(25-19)18-6-12-31-15-18/h1-6,11-12,14-16H,7-10,13H2. The van der Waals surface area contributed by atoms with Crippen LogP contribution in [0.3, 0.4) is 0 Å². The number of nitrogens with zero attached hydrogens (tertiary/aromatic N) is 5. The number of hydrogen-bond acceptors (Lipinski definition) is 8. The van der Waals surface area contributed by atoms with Crippen molar-refractivity contribution in [3.63, 3.8) is 0 Å². The molecule has 8 heteroatoms. The van der Waals surface area contributed by atoms with Crippen LogP contribution in [0, 0.1) is 0 Å². The van der Waals surface area contributed by atoms with Crippen molar-refractivity contribution in [1.29, 1.82) is 0 Å². The number of para-hydroxylation sites is 1. The summed E-state index contributed by atoms with van der Waals surface area (Å²) in [6, 6.07) is 12.6. The maximum Gasteiger partial charge on any atom is 0.162 e. The van der Waals surface area contributed by atoms with E-state index in [0.29, 0.717) is 0 Å². The Hall–Kier alpha value is -2.65. The van der Waals surface area contributed by atoms with Crippen LogP contribution < -0.4 is 4.90 Å². The fourth-order valence-corrected chi connectivity index (χ4v) is 6.22. The monoisotopic (exact) mass is 475 g/mol. The first-order chi connectivity index (χ1) is 15.8. The zero-order valence-corrected chi connectivity index (χ0v) is 19.8. The van der Waals surface area contributed by atoms with Crippen molar-refractivity contribution in [2.75, 3.05) is 31.1 Å². The highest BCUT2D eigenvalue weighted by atomic mass is 32.1. The molecule has 5 heterocycles. The van der Waals surface area contributed by atoms with E-state index >= 15 is 0 Å². The summed E-state index contributed by atoms with van der Waals surface area (Å²) in [6.07, 6.45) is 0. The molecule has 0 unspecified atom stereocenters. The van der Waals surface area contributed by atoms with Crippen LogP contribution >= 0.6 is 34.0 Å². The van der Waals surface area contributed by atoms with Gasteiger partial charge in [0, 0.05) is 65.4 Å². The average Bonchev–Trinajstić information content (AvgIpc) is 3.62. The SMILES string of the molecule is c1ccc2c(N3CCN(Cc4csc(-c5ccsc5)n4)CC3)nc(-c3ccsc3)nc2c1. The molecule has 0 N–H and O–H groups in total. The third-order valence-electron chi connectivity index (χ3n) is 5.74. The molecule has 5 aromatic rings. The number of fused-ring (bicyclic) bond motifs is 1. The predicted molar refractivity (Wildman–Crippen MR) is 136 cm³/mol. The minimum Gasteiger partial charge on any atom is -0.353 e. The van der Waals surface area contributed by atoms with Crippen molar-refractivity contribution < 1.29 is 0 Å². The van der Waals surface area contributed by atoms with E-state index in [2.05, 4.69) is 67.0 Å². The lowest BCUT2D eigenvalue weighted by atomic mass is 10.2. The van der Waals surface area contributed by atoms with Gasteiger partial charge in [0.2, 0.25) is 0 Å². The molecule has 1 aliphatic heterocycles. The van der Waals surface area contributed by atoms with Crippen LogP contribution in [-0.4, -0.2) is 46.0 Å². The van der Waals surface area contributed by atoms with Gasteiger partial charge in [-0.1, -0.05) is 12.1 Å². The van der Waals surface area contributed by atoms with Gasteiger partial charge in [-0.15, -0.1) is 11.3 Å². The molecule has 4 aromatic heterocycles. The minimum absolute atomic E-state index is 0.811. The molecule has 6 rings (SSSR count). The lowest BCUT2D eigenvalue weighted by molar-refractivity contribution is 0.247. The maximum atomic E-state index is 5.00. The van der Waals surface area contributed by atoms with Gasteiger partial charge in [0.15, 0.2) is 5.82 Å². The number of hydrogen-bond donors (Lipinski definition) is 0. The van der Waals surface area contributed by atoms with Crippen molar-refractivity contribution in [1.82, 2.24) is 19.9 Å². The molecule has 1 saturated heterocycles. The van der Waals surface area contributed by atoms with Crippen LogP contribution in [0.1, 0.15) is 5.69 Å². The predicted octanol–water partition coefficient (Wildman–Crippen LogP) is 5.87. The molecule has 0 spiro atoms. The summed E-state index contributed by atoms with van der Waals surface area (Å²) in [7, 11) is 0. The van der Waals surface area contributed by atoms with Crippen LogP contribution in [-0.2, 0) is 6.54 Å². The van der Waals surface area contributed by atoms with Crippen LogP contribution in [0.2, 0.25) is 0 Å². The third kappa shape index (κ3) is 3.95. The average molecular weight is 476 g/mol. The Morgan fingerprint density at radius 3 is 2.34 bits per heavy atom. The summed E-state index contributed by atoms with van der Waals surface area (Å²) in [5.74, 6) is 1.86. The van der Waals surface area contributed by atoms with E-state index in [1.165, 1.54) is 5.56 Å². The molecule has 32 heavy (non-hydrogen) atoms. The van der Waals surface area contributed by atoms with E-state index in [-0.39, 0.29) is 0 Å². The van der Waals surface area contributed by atoms with Crippen LogP contribution in [0.4, 0.5) is 5.82 Å². The second-order valence-corrected chi connectivity index (χ2v) is 10.2. The van der Waals surface area contributed by atoms with Crippen LogP contribution in [0.5, 0.6) is 0 Å². The van der Waals surface area contributed by atoms with Gasteiger partial charge >= 0.3 is 0 Å². The number of anilines is 1. The first-order valence-corrected chi connectivity index (χ1v) is 13.3. The Bertz CT molecular complexity index is 1320. The Kier molecular flexibility index (Phi) is 5.44. The Labute approximate surface area is 198 Å². The Balaban J connectivity index is 1.20. The van der Waals surface area contributed by atoms with Gasteiger partial charge in [-0.3, -0.25) is 4.90 Å². The molecule has 0 radical (unpaired) electrons. The Morgan fingerprint density at radius 1 is 0.781 bits per heavy atom. The zero-order valence-electron chi connectivity index (χ0n) is 17.3. The van der Waals surface area contributed by atoms with Crippen molar-refractivity contribution in [2.45, 2.75) is 6.54 Å². The van der Waals surface area contributed by atoms with E-state index < -0.39 is 0 Å². The van der Waals surface area contributed by atoms with Gasteiger partial charge in [0.1, 0.15) is 10.8 Å². The smallest absolute Gasteiger partial charge is 0.162 e. The summed E-state index contributed by atoms with van der Waals surface area (Å²) in [5.41, 5.74) is 4.49. The number of piperazine rings is 1. The van der Waals surface area contributed by atoms with Gasteiger partial charge in [-0.05, 0) is 35.0 Å². The molecule has 160 valence electrons. The van der Waals surface area contributed by atoms with Crippen LogP contribution in [0.25, 0.3) is 32.9 Å². The molecule has 5 nitrogen and oxygen atoms in total. The number of thiazole rings is 1. The normalized spacial score (nSPS) is 14.9. The summed E-state index contributed by atoms with van der Waals surface area (Å²) < 4.78 is 0. The topological polar surface area (TPSA) is 45.2 Å². The van der Waals surface area contributed by atoms with Gasteiger partial charge in [0.05, 0.1) is 11.2 Å². The third-order valence-corrected chi connectivity index (χ3v) is 8.05. The van der Waals surface area contributed by atoms with E-state index in [1.807, 2.05) is 6.07 Å². The summed E-state index contributed by atoms with van der Waals surface area (Å²) in [4.78, 5) is 19.6. The number of benzene rings is 1. The first-order valence-electron chi connectivity index (χ1n) is 10.6. The molecular formula is C24H21N5S3. The quantitative estimate of drug-likeness (QED) is 0.318. The number of thiophene rings is 2. The molecule has 0 saturated carbocycles. The van der Waals surface area contributed by atoms with E-state index in [9.17, 15) is 0 Å². The van der Waals surface area contributed by atoms with Gasteiger partial charge in [0.25, 0.3) is 0 Å².